The van der Waals surface area contributed by atoms with Gasteiger partial charge >= 0.3 is 0 Å². The molecule has 1 atom stereocenters. The van der Waals surface area contributed by atoms with Crippen LogP contribution >= 0.6 is 11.3 Å². The number of carbonyl (C=O) groups excluding carboxylic acids is 1. The van der Waals surface area contributed by atoms with Crippen molar-refractivity contribution in [2.45, 2.75) is 6.04 Å². The van der Waals surface area contributed by atoms with Gasteiger partial charge in [-0.2, -0.15) is 0 Å². The maximum absolute atomic E-state index is 12.0. The minimum atomic E-state index is -0.771. The third kappa shape index (κ3) is 2.55. The van der Waals surface area contributed by atoms with E-state index in [9.17, 15) is 4.79 Å². The largest absolute Gasteiger partial charge is 0.367 e. The number of fused-ring (bicyclic) bond motifs is 1. The number of primary amides is 1. The van der Waals surface area contributed by atoms with Crippen LogP contribution in [0.25, 0.3) is 21.5 Å². The minimum absolute atomic E-state index is 0.515. The zero-order chi connectivity index (χ0) is 16.5. The van der Waals surface area contributed by atoms with E-state index in [1.807, 2.05) is 54.6 Å². The summed E-state index contributed by atoms with van der Waals surface area (Å²) in [5, 5.41) is 8.85. The van der Waals surface area contributed by atoms with Gasteiger partial charge in [0.1, 0.15) is 10.7 Å². The van der Waals surface area contributed by atoms with Gasteiger partial charge in [0.2, 0.25) is 5.91 Å². The number of nitrogens with two attached hydrogens (primary N) is 1. The maximum Gasteiger partial charge on any atom is 0.249 e. The third-order valence-corrected chi connectivity index (χ3v) is 4.75. The van der Waals surface area contributed by atoms with Crippen molar-refractivity contribution >= 4 is 27.5 Å². The molecule has 4 rings (SSSR count). The molecule has 7 heteroatoms. The number of nitrogens with zero attached hydrogens (tertiary/aromatic N) is 4. The number of benzene rings is 2. The Balaban J connectivity index is 1.76. The van der Waals surface area contributed by atoms with Crippen LogP contribution in [0.5, 0.6) is 0 Å². The van der Waals surface area contributed by atoms with E-state index in [0.29, 0.717) is 10.7 Å². The van der Waals surface area contributed by atoms with Crippen LogP contribution in [0.4, 0.5) is 0 Å². The fourth-order valence-electron chi connectivity index (χ4n) is 2.52. The normalized spacial score (nSPS) is 12.3. The highest BCUT2D eigenvalue weighted by atomic mass is 32.1. The lowest BCUT2D eigenvalue weighted by Gasteiger charge is -2.09. The van der Waals surface area contributed by atoms with Crippen molar-refractivity contribution in [3.63, 3.8) is 0 Å². The molecule has 24 heavy (non-hydrogen) atoms. The second-order valence-electron chi connectivity index (χ2n) is 5.27. The Morgan fingerprint density at radius 3 is 2.58 bits per heavy atom. The minimum Gasteiger partial charge on any atom is -0.367 e. The molecule has 0 bridgehead atoms. The van der Waals surface area contributed by atoms with Crippen molar-refractivity contribution in [2.24, 2.45) is 5.73 Å². The Kier molecular flexibility index (Phi) is 3.55. The van der Waals surface area contributed by atoms with Gasteiger partial charge in [0.05, 0.1) is 16.4 Å². The predicted molar refractivity (Wildman–Crippen MR) is 92.4 cm³/mol. The highest BCUT2D eigenvalue weighted by molar-refractivity contribution is 7.18. The Hall–Kier alpha value is -3.06. The number of rotatable bonds is 4. The van der Waals surface area contributed by atoms with Gasteiger partial charge in [-0.3, -0.25) is 4.79 Å². The Bertz CT molecular complexity index is 975. The summed E-state index contributed by atoms with van der Waals surface area (Å²) in [6.45, 7) is 0. The van der Waals surface area contributed by atoms with Gasteiger partial charge < -0.3 is 5.73 Å². The lowest BCUT2D eigenvalue weighted by atomic mass is 10.2. The van der Waals surface area contributed by atoms with E-state index in [-0.39, 0.29) is 0 Å². The smallest absolute Gasteiger partial charge is 0.249 e. The Morgan fingerprint density at radius 2 is 1.83 bits per heavy atom. The number of carbonyl (C=O) groups is 1. The summed E-state index contributed by atoms with van der Waals surface area (Å²) < 4.78 is 2.48. The molecule has 1 amide bonds. The van der Waals surface area contributed by atoms with E-state index in [1.165, 1.54) is 16.0 Å². The monoisotopic (exact) mass is 335 g/mol. The summed E-state index contributed by atoms with van der Waals surface area (Å²) in [6, 6.07) is 16.6. The molecule has 2 aromatic heterocycles. The number of hydrogen-bond acceptors (Lipinski definition) is 5. The first-order chi connectivity index (χ1) is 11.7. The average Bonchev–Trinajstić information content (AvgIpc) is 3.22. The van der Waals surface area contributed by atoms with Crippen molar-refractivity contribution in [3.05, 3.63) is 65.8 Å². The van der Waals surface area contributed by atoms with Gasteiger partial charge in [0.25, 0.3) is 0 Å². The van der Waals surface area contributed by atoms with Crippen molar-refractivity contribution in [3.8, 4) is 11.3 Å². The SMILES string of the molecule is NC(=O)C(c1nc2ccccc2s1)n1cc(-c2ccccc2)nn1. The summed E-state index contributed by atoms with van der Waals surface area (Å²) in [5.74, 6) is -0.515. The fourth-order valence-corrected chi connectivity index (χ4v) is 3.59. The van der Waals surface area contributed by atoms with Crippen LogP contribution in [0, 0.1) is 0 Å². The summed E-state index contributed by atoms with van der Waals surface area (Å²) in [7, 11) is 0. The van der Waals surface area contributed by atoms with Crippen LogP contribution in [0.15, 0.2) is 60.8 Å². The predicted octanol–water partition coefficient (Wildman–Crippen LogP) is 2.63. The quantitative estimate of drug-likeness (QED) is 0.621. The van der Waals surface area contributed by atoms with Gasteiger partial charge in [-0.15, -0.1) is 16.4 Å². The first-order valence-corrected chi connectivity index (χ1v) is 8.16. The van der Waals surface area contributed by atoms with Crippen LogP contribution in [-0.4, -0.2) is 25.9 Å². The Labute approximate surface area is 141 Å². The number of thiazole rings is 1. The average molecular weight is 335 g/mol. The van der Waals surface area contributed by atoms with Gasteiger partial charge in [-0.05, 0) is 12.1 Å². The van der Waals surface area contributed by atoms with Gasteiger partial charge in [-0.1, -0.05) is 47.7 Å². The van der Waals surface area contributed by atoms with Crippen LogP contribution in [0.3, 0.4) is 0 Å². The number of hydrogen-bond donors (Lipinski definition) is 1. The highest BCUT2D eigenvalue weighted by Crippen LogP contribution is 2.29. The lowest BCUT2D eigenvalue weighted by molar-refractivity contribution is -0.120. The first kappa shape index (κ1) is 14.5. The molecular formula is C17H13N5OS. The molecule has 6 nitrogen and oxygen atoms in total. The van der Waals surface area contributed by atoms with Crippen LogP contribution in [-0.2, 0) is 4.79 Å². The first-order valence-electron chi connectivity index (χ1n) is 7.34. The standard InChI is InChI=1S/C17H13N5OS/c18-16(23)15(17-19-12-8-4-5-9-14(12)24-17)22-10-13(20-21-22)11-6-2-1-3-7-11/h1-10,15H,(H2,18,23). The van der Waals surface area contributed by atoms with Crippen LogP contribution in [0.1, 0.15) is 11.0 Å². The Morgan fingerprint density at radius 1 is 1.08 bits per heavy atom. The molecule has 0 aliphatic heterocycles. The molecule has 0 saturated heterocycles. The molecule has 2 aromatic carbocycles. The summed E-state index contributed by atoms with van der Waals surface area (Å²) in [5.41, 5.74) is 8.06. The van der Waals surface area contributed by atoms with Crippen molar-refractivity contribution in [2.75, 3.05) is 0 Å². The van der Waals surface area contributed by atoms with Gasteiger partial charge in [-0.25, -0.2) is 9.67 Å². The number of aromatic nitrogens is 4. The second-order valence-corrected chi connectivity index (χ2v) is 6.34. The summed E-state index contributed by atoms with van der Waals surface area (Å²) in [6.07, 6.45) is 1.72. The molecule has 0 radical (unpaired) electrons. The van der Waals surface area contributed by atoms with Gasteiger partial charge in [0, 0.05) is 5.56 Å². The van der Waals surface area contributed by atoms with Crippen LogP contribution < -0.4 is 5.73 Å². The summed E-state index contributed by atoms with van der Waals surface area (Å²) in [4.78, 5) is 16.5. The molecule has 0 spiro atoms. The number of amides is 1. The van der Waals surface area contributed by atoms with Crippen LogP contribution in [0.2, 0.25) is 0 Å². The molecular weight excluding hydrogens is 322 g/mol. The molecule has 0 aliphatic carbocycles. The zero-order valence-electron chi connectivity index (χ0n) is 12.5. The van der Waals surface area contributed by atoms with E-state index in [2.05, 4.69) is 15.3 Å². The lowest BCUT2D eigenvalue weighted by Crippen LogP contribution is -2.27. The fraction of sp³-hybridized carbons (Fsp3) is 0.0588. The summed E-state index contributed by atoms with van der Waals surface area (Å²) >= 11 is 1.43. The molecule has 1 unspecified atom stereocenters. The second kappa shape index (κ2) is 5.86. The van der Waals surface area contributed by atoms with E-state index in [4.69, 9.17) is 5.73 Å². The molecule has 0 fully saturated rings. The van der Waals surface area contributed by atoms with E-state index < -0.39 is 11.9 Å². The molecule has 4 aromatic rings. The van der Waals surface area contributed by atoms with Crippen molar-refractivity contribution in [1.82, 2.24) is 20.0 Å². The molecule has 2 N–H and O–H groups in total. The molecule has 118 valence electrons. The van der Waals surface area contributed by atoms with Gasteiger partial charge in [0.15, 0.2) is 6.04 Å². The topological polar surface area (TPSA) is 86.7 Å². The van der Waals surface area contributed by atoms with E-state index >= 15 is 0 Å². The molecule has 0 aliphatic rings. The molecule has 0 saturated carbocycles. The van der Waals surface area contributed by atoms with E-state index in [1.54, 1.807) is 6.20 Å². The maximum atomic E-state index is 12.0. The van der Waals surface area contributed by atoms with E-state index in [0.717, 1.165) is 15.8 Å². The van der Waals surface area contributed by atoms with Crippen molar-refractivity contribution < 1.29 is 4.79 Å². The van der Waals surface area contributed by atoms with Crippen molar-refractivity contribution in [1.29, 1.82) is 0 Å². The molecule has 2 heterocycles. The number of para-hydroxylation sites is 1. The zero-order valence-corrected chi connectivity index (χ0v) is 13.4. The third-order valence-electron chi connectivity index (χ3n) is 3.66. The highest BCUT2D eigenvalue weighted by Gasteiger charge is 2.25.